The number of benzene rings is 2. The second-order valence-electron chi connectivity index (χ2n) is 4.33. The fraction of sp³-hybridized carbons (Fsp3) is 0.0667. The number of nitrogens with zero attached hydrogens (tertiary/aromatic N) is 1. The number of hydrogen-bond acceptors (Lipinski definition) is 3. The number of rotatable bonds is 2. The third kappa shape index (κ3) is 1.90. The van der Waals surface area contributed by atoms with E-state index in [1.807, 2.05) is 37.3 Å². The summed E-state index contributed by atoms with van der Waals surface area (Å²) in [6, 6.07) is 15.0. The largest absolute Gasteiger partial charge is 0.278 e. The maximum Gasteiger partial charge on any atom is 0.278 e. The Hall–Kier alpha value is -2.20. The fourth-order valence-electron chi connectivity index (χ4n) is 2.26. The molecule has 1 heterocycles. The number of para-hydroxylation sites is 1. The quantitative estimate of drug-likeness (QED) is 0.496. The van der Waals surface area contributed by atoms with Gasteiger partial charge in [-0.25, -0.2) is 0 Å². The van der Waals surface area contributed by atoms with Gasteiger partial charge in [-0.15, -0.1) is 11.3 Å². The molecule has 4 heteroatoms. The van der Waals surface area contributed by atoms with Gasteiger partial charge in [0.2, 0.25) is 0 Å². The SMILES string of the molecule is Cc1c(-c2ccccc2[N+](=O)[O-])sc2ccccc12. The van der Waals surface area contributed by atoms with Crippen LogP contribution in [0.3, 0.4) is 0 Å². The first-order chi connectivity index (χ1) is 9.18. The van der Waals surface area contributed by atoms with Gasteiger partial charge in [-0.3, -0.25) is 10.1 Å². The molecular weight excluding hydrogens is 258 g/mol. The molecule has 1 aromatic heterocycles. The van der Waals surface area contributed by atoms with Crippen molar-refractivity contribution in [3.8, 4) is 10.4 Å². The third-order valence-electron chi connectivity index (χ3n) is 3.19. The summed E-state index contributed by atoms with van der Waals surface area (Å²) >= 11 is 1.60. The number of fused-ring (bicyclic) bond motifs is 1. The molecular formula is C15H11NO2S. The van der Waals surface area contributed by atoms with E-state index in [9.17, 15) is 10.1 Å². The number of nitro groups is 1. The van der Waals surface area contributed by atoms with Gasteiger partial charge in [-0.1, -0.05) is 30.3 Å². The normalized spacial score (nSPS) is 10.8. The lowest BCUT2D eigenvalue weighted by atomic mass is 10.1. The maximum absolute atomic E-state index is 11.1. The molecule has 3 rings (SSSR count). The van der Waals surface area contributed by atoms with Crippen molar-refractivity contribution >= 4 is 27.1 Å². The van der Waals surface area contributed by atoms with Crippen LogP contribution in [0, 0.1) is 17.0 Å². The van der Waals surface area contributed by atoms with Gasteiger partial charge in [0.15, 0.2) is 0 Å². The van der Waals surface area contributed by atoms with Gasteiger partial charge in [0.25, 0.3) is 5.69 Å². The molecule has 0 saturated heterocycles. The average molecular weight is 269 g/mol. The van der Waals surface area contributed by atoms with E-state index >= 15 is 0 Å². The summed E-state index contributed by atoms with van der Waals surface area (Å²) in [5, 5.41) is 12.3. The van der Waals surface area contributed by atoms with Crippen LogP contribution in [0.4, 0.5) is 5.69 Å². The van der Waals surface area contributed by atoms with Crippen molar-refractivity contribution in [2.75, 3.05) is 0 Å². The van der Waals surface area contributed by atoms with Crippen molar-refractivity contribution in [2.45, 2.75) is 6.92 Å². The molecule has 3 aromatic rings. The van der Waals surface area contributed by atoms with Crippen LogP contribution in [0.5, 0.6) is 0 Å². The van der Waals surface area contributed by atoms with E-state index < -0.39 is 0 Å². The van der Waals surface area contributed by atoms with Crippen LogP contribution < -0.4 is 0 Å². The van der Waals surface area contributed by atoms with Gasteiger partial charge in [-0.05, 0) is 30.0 Å². The van der Waals surface area contributed by atoms with Gasteiger partial charge in [0, 0.05) is 15.6 Å². The number of hydrogen-bond donors (Lipinski definition) is 0. The third-order valence-corrected chi connectivity index (χ3v) is 4.50. The second-order valence-corrected chi connectivity index (χ2v) is 5.38. The van der Waals surface area contributed by atoms with Crippen molar-refractivity contribution in [3.63, 3.8) is 0 Å². The summed E-state index contributed by atoms with van der Waals surface area (Å²) in [5.41, 5.74) is 1.97. The summed E-state index contributed by atoms with van der Waals surface area (Å²) in [4.78, 5) is 11.8. The van der Waals surface area contributed by atoms with E-state index in [2.05, 4.69) is 6.07 Å². The van der Waals surface area contributed by atoms with E-state index in [1.165, 1.54) is 5.39 Å². The highest BCUT2D eigenvalue weighted by Gasteiger charge is 2.18. The van der Waals surface area contributed by atoms with E-state index in [0.29, 0.717) is 5.56 Å². The molecule has 0 atom stereocenters. The highest BCUT2D eigenvalue weighted by Crippen LogP contribution is 2.41. The minimum Gasteiger partial charge on any atom is -0.258 e. The first kappa shape index (κ1) is 11.9. The maximum atomic E-state index is 11.1. The van der Waals surface area contributed by atoms with Crippen LogP contribution in [0.15, 0.2) is 48.5 Å². The number of nitro benzene ring substituents is 1. The lowest BCUT2D eigenvalue weighted by molar-refractivity contribution is -0.384. The molecule has 0 aliphatic heterocycles. The number of aryl methyl sites for hydroxylation is 1. The Morgan fingerprint density at radius 1 is 1.05 bits per heavy atom. The molecule has 2 aromatic carbocycles. The number of thiophene rings is 1. The molecule has 0 bridgehead atoms. The highest BCUT2D eigenvalue weighted by molar-refractivity contribution is 7.22. The van der Waals surface area contributed by atoms with Crippen LogP contribution in [-0.2, 0) is 0 Å². The van der Waals surface area contributed by atoms with Crippen LogP contribution in [0.25, 0.3) is 20.5 Å². The molecule has 0 unspecified atom stereocenters. The van der Waals surface area contributed by atoms with Crippen LogP contribution in [-0.4, -0.2) is 4.92 Å². The van der Waals surface area contributed by atoms with Gasteiger partial charge in [-0.2, -0.15) is 0 Å². The Labute approximate surface area is 114 Å². The van der Waals surface area contributed by atoms with Crippen molar-refractivity contribution in [2.24, 2.45) is 0 Å². The van der Waals surface area contributed by atoms with E-state index in [4.69, 9.17) is 0 Å². The van der Waals surface area contributed by atoms with Gasteiger partial charge in [0.05, 0.1) is 10.5 Å². The summed E-state index contributed by atoms with van der Waals surface area (Å²) in [5.74, 6) is 0. The van der Waals surface area contributed by atoms with E-state index in [1.54, 1.807) is 23.5 Å². The van der Waals surface area contributed by atoms with E-state index in [0.717, 1.165) is 15.1 Å². The fourth-order valence-corrected chi connectivity index (χ4v) is 3.50. The topological polar surface area (TPSA) is 43.1 Å². The Kier molecular flexibility index (Phi) is 2.80. The molecule has 19 heavy (non-hydrogen) atoms. The van der Waals surface area contributed by atoms with Gasteiger partial charge < -0.3 is 0 Å². The lowest BCUT2D eigenvalue weighted by Crippen LogP contribution is -1.90. The standard InChI is InChI=1S/C15H11NO2S/c1-10-11-6-3-5-9-14(11)19-15(10)12-7-2-4-8-13(12)16(17)18/h2-9H,1H3. The Morgan fingerprint density at radius 2 is 1.74 bits per heavy atom. The summed E-state index contributed by atoms with van der Waals surface area (Å²) in [6.45, 7) is 2.02. The summed E-state index contributed by atoms with van der Waals surface area (Å²) < 4.78 is 1.16. The van der Waals surface area contributed by atoms with Crippen molar-refractivity contribution < 1.29 is 4.92 Å². The Bertz CT molecular complexity index is 777. The molecule has 0 fully saturated rings. The summed E-state index contributed by atoms with van der Waals surface area (Å²) in [6.07, 6.45) is 0. The first-order valence-corrected chi connectivity index (χ1v) is 6.72. The Morgan fingerprint density at radius 3 is 2.47 bits per heavy atom. The average Bonchev–Trinajstić information content (AvgIpc) is 2.76. The molecule has 0 saturated carbocycles. The van der Waals surface area contributed by atoms with E-state index in [-0.39, 0.29) is 10.6 Å². The second kappa shape index (κ2) is 4.48. The Balaban J connectivity index is 2.31. The van der Waals surface area contributed by atoms with Gasteiger partial charge >= 0.3 is 0 Å². The van der Waals surface area contributed by atoms with Crippen LogP contribution in [0.2, 0.25) is 0 Å². The smallest absolute Gasteiger partial charge is 0.258 e. The summed E-state index contributed by atoms with van der Waals surface area (Å²) in [7, 11) is 0. The van der Waals surface area contributed by atoms with Crippen molar-refractivity contribution in [3.05, 3.63) is 64.2 Å². The van der Waals surface area contributed by atoms with Gasteiger partial charge in [0.1, 0.15) is 0 Å². The monoisotopic (exact) mass is 269 g/mol. The lowest BCUT2D eigenvalue weighted by Gasteiger charge is -2.01. The van der Waals surface area contributed by atoms with Crippen molar-refractivity contribution in [1.29, 1.82) is 0 Å². The molecule has 0 aliphatic carbocycles. The minimum absolute atomic E-state index is 0.164. The zero-order valence-electron chi connectivity index (χ0n) is 10.3. The highest BCUT2D eigenvalue weighted by atomic mass is 32.1. The first-order valence-electron chi connectivity index (χ1n) is 5.90. The molecule has 0 aliphatic rings. The minimum atomic E-state index is -0.320. The molecule has 0 N–H and O–H groups in total. The van der Waals surface area contributed by atoms with Crippen LogP contribution in [0.1, 0.15) is 5.56 Å². The molecule has 94 valence electrons. The zero-order chi connectivity index (χ0) is 13.4. The molecule has 0 amide bonds. The molecule has 0 spiro atoms. The molecule has 3 nitrogen and oxygen atoms in total. The zero-order valence-corrected chi connectivity index (χ0v) is 11.1. The predicted octanol–water partition coefficient (Wildman–Crippen LogP) is 4.78. The molecule has 0 radical (unpaired) electrons. The predicted molar refractivity (Wildman–Crippen MR) is 78.7 cm³/mol. The van der Waals surface area contributed by atoms with Crippen LogP contribution >= 0.6 is 11.3 Å². The van der Waals surface area contributed by atoms with Crippen molar-refractivity contribution in [1.82, 2.24) is 0 Å².